The number of rotatable bonds is 5. The molecule has 5 nitrogen and oxygen atoms in total. The van der Waals surface area contributed by atoms with Gasteiger partial charge in [-0.2, -0.15) is 0 Å². The highest BCUT2D eigenvalue weighted by atomic mass is 16.5. The van der Waals surface area contributed by atoms with Crippen LogP contribution in [0, 0.1) is 6.92 Å². The van der Waals surface area contributed by atoms with E-state index < -0.39 is 0 Å². The van der Waals surface area contributed by atoms with Crippen molar-refractivity contribution < 1.29 is 14.3 Å². The van der Waals surface area contributed by atoms with Gasteiger partial charge in [-0.25, -0.2) is 0 Å². The Balaban J connectivity index is 1.84. The van der Waals surface area contributed by atoms with E-state index in [1.165, 1.54) is 0 Å². The minimum absolute atomic E-state index is 0.131. The molecule has 0 aliphatic carbocycles. The summed E-state index contributed by atoms with van der Waals surface area (Å²) in [6.45, 7) is 3.79. The molecule has 26 heavy (non-hydrogen) atoms. The minimum Gasteiger partial charge on any atom is -0.497 e. The number of ether oxygens (including phenoxy) is 2. The second kappa shape index (κ2) is 7.44. The van der Waals surface area contributed by atoms with Crippen LogP contribution >= 0.6 is 0 Å². The van der Waals surface area contributed by atoms with E-state index >= 15 is 0 Å². The Bertz CT molecular complexity index is 936. The number of fused-ring (bicyclic) bond motifs is 1. The number of pyridine rings is 1. The Morgan fingerprint density at radius 3 is 2.31 bits per heavy atom. The molecule has 0 aliphatic rings. The first-order valence-electron chi connectivity index (χ1n) is 8.42. The third-order valence-electron chi connectivity index (χ3n) is 4.42. The van der Waals surface area contributed by atoms with Crippen molar-refractivity contribution in [2.24, 2.45) is 0 Å². The zero-order valence-corrected chi connectivity index (χ0v) is 15.4. The van der Waals surface area contributed by atoms with Crippen molar-refractivity contribution >= 4 is 16.8 Å². The van der Waals surface area contributed by atoms with Crippen molar-refractivity contribution in [3.8, 4) is 11.5 Å². The fourth-order valence-corrected chi connectivity index (χ4v) is 2.86. The summed E-state index contributed by atoms with van der Waals surface area (Å²) in [5.41, 5.74) is 3.10. The van der Waals surface area contributed by atoms with Crippen LogP contribution < -0.4 is 14.8 Å². The number of nitrogens with one attached hydrogen (secondary N) is 1. The SMILES string of the molecule is COc1ccc(C(C)NC(=O)c2cc3cc(OC)ccc3nc2C)cc1. The van der Waals surface area contributed by atoms with Crippen molar-refractivity contribution in [1.29, 1.82) is 0 Å². The second-order valence-electron chi connectivity index (χ2n) is 6.15. The number of hydrogen-bond acceptors (Lipinski definition) is 4. The van der Waals surface area contributed by atoms with Crippen molar-refractivity contribution in [3.63, 3.8) is 0 Å². The molecule has 1 atom stereocenters. The quantitative estimate of drug-likeness (QED) is 0.754. The van der Waals surface area contributed by atoms with Crippen LogP contribution in [0.1, 0.15) is 34.6 Å². The van der Waals surface area contributed by atoms with Gasteiger partial charge in [0.2, 0.25) is 0 Å². The monoisotopic (exact) mass is 350 g/mol. The Morgan fingerprint density at radius 2 is 1.65 bits per heavy atom. The number of amides is 1. The minimum atomic E-state index is -0.150. The molecule has 0 aliphatic heterocycles. The molecule has 2 aromatic carbocycles. The molecule has 3 rings (SSSR count). The summed E-state index contributed by atoms with van der Waals surface area (Å²) < 4.78 is 10.4. The molecule has 1 heterocycles. The number of carbonyl (C=O) groups is 1. The van der Waals surface area contributed by atoms with E-state index in [1.54, 1.807) is 14.2 Å². The highest BCUT2D eigenvalue weighted by Gasteiger charge is 2.15. The number of nitrogens with zero attached hydrogens (tertiary/aromatic N) is 1. The van der Waals surface area contributed by atoms with Crippen LogP contribution in [0.25, 0.3) is 10.9 Å². The number of hydrogen-bond donors (Lipinski definition) is 1. The number of benzene rings is 2. The van der Waals surface area contributed by atoms with E-state index in [0.29, 0.717) is 11.3 Å². The Labute approximate surface area is 153 Å². The van der Waals surface area contributed by atoms with Gasteiger partial charge in [-0.15, -0.1) is 0 Å². The van der Waals surface area contributed by atoms with Crippen LogP contribution in [0.5, 0.6) is 11.5 Å². The molecule has 5 heteroatoms. The molecule has 134 valence electrons. The van der Waals surface area contributed by atoms with E-state index in [2.05, 4.69) is 10.3 Å². The maximum Gasteiger partial charge on any atom is 0.253 e. The summed E-state index contributed by atoms with van der Waals surface area (Å²) in [4.78, 5) is 17.3. The standard InChI is InChI=1S/C21H22N2O3/c1-13(15-5-7-17(25-3)8-6-15)23-21(24)19-12-16-11-18(26-4)9-10-20(16)22-14(19)2/h5-13H,1-4H3,(H,23,24). The maximum atomic E-state index is 12.8. The summed E-state index contributed by atoms with van der Waals surface area (Å²) in [7, 11) is 3.25. The van der Waals surface area contributed by atoms with Crippen LogP contribution in [-0.4, -0.2) is 25.1 Å². The lowest BCUT2D eigenvalue weighted by molar-refractivity contribution is 0.0939. The molecule has 1 unspecified atom stereocenters. The molecule has 0 saturated carbocycles. The third kappa shape index (κ3) is 3.61. The van der Waals surface area contributed by atoms with Gasteiger partial charge in [-0.05, 0) is 55.8 Å². The smallest absolute Gasteiger partial charge is 0.253 e. The van der Waals surface area contributed by atoms with Gasteiger partial charge in [0, 0.05) is 5.39 Å². The zero-order chi connectivity index (χ0) is 18.7. The second-order valence-corrected chi connectivity index (χ2v) is 6.15. The Morgan fingerprint density at radius 1 is 1.00 bits per heavy atom. The predicted octanol–water partition coefficient (Wildman–Crippen LogP) is 4.05. The molecule has 3 aromatic rings. The maximum absolute atomic E-state index is 12.8. The number of carbonyl (C=O) groups excluding carboxylic acids is 1. The highest BCUT2D eigenvalue weighted by Crippen LogP contribution is 2.23. The van der Waals surface area contributed by atoms with Crippen molar-refractivity contribution in [3.05, 3.63) is 65.4 Å². The molecule has 0 spiro atoms. The molecule has 0 saturated heterocycles. The van der Waals surface area contributed by atoms with Gasteiger partial charge in [-0.1, -0.05) is 12.1 Å². The molecule has 0 radical (unpaired) electrons. The van der Waals surface area contributed by atoms with Crippen molar-refractivity contribution in [2.45, 2.75) is 19.9 Å². The first kappa shape index (κ1) is 17.7. The van der Waals surface area contributed by atoms with Crippen LogP contribution in [0.15, 0.2) is 48.5 Å². The average molecular weight is 350 g/mol. The molecular formula is C21H22N2O3. The number of aromatic nitrogens is 1. The van der Waals surface area contributed by atoms with Gasteiger partial charge < -0.3 is 14.8 Å². The normalized spacial score (nSPS) is 11.8. The van der Waals surface area contributed by atoms with E-state index in [9.17, 15) is 4.79 Å². The summed E-state index contributed by atoms with van der Waals surface area (Å²) in [5, 5.41) is 3.91. The molecule has 1 aromatic heterocycles. The van der Waals surface area contributed by atoms with Gasteiger partial charge in [-0.3, -0.25) is 9.78 Å². The predicted molar refractivity (Wildman–Crippen MR) is 102 cm³/mol. The topological polar surface area (TPSA) is 60.5 Å². The fourth-order valence-electron chi connectivity index (χ4n) is 2.86. The van der Waals surface area contributed by atoms with E-state index in [4.69, 9.17) is 9.47 Å². The summed E-state index contributed by atoms with van der Waals surface area (Å²) in [5.74, 6) is 1.37. The van der Waals surface area contributed by atoms with Crippen LogP contribution in [0.4, 0.5) is 0 Å². The van der Waals surface area contributed by atoms with Crippen molar-refractivity contribution in [2.75, 3.05) is 14.2 Å². The van der Waals surface area contributed by atoms with Crippen LogP contribution in [0.2, 0.25) is 0 Å². The summed E-state index contributed by atoms with van der Waals surface area (Å²) in [6, 6.07) is 15.0. The largest absolute Gasteiger partial charge is 0.497 e. The lowest BCUT2D eigenvalue weighted by Crippen LogP contribution is -2.27. The molecule has 0 bridgehead atoms. The molecule has 0 fully saturated rings. The van der Waals surface area contributed by atoms with Crippen LogP contribution in [-0.2, 0) is 0 Å². The van der Waals surface area contributed by atoms with Gasteiger partial charge in [0.15, 0.2) is 0 Å². The zero-order valence-electron chi connectivity index (χ0n) is 15.4. The summed E-state index contributed by atoms with van der Waals surface area (Å²) >= 11 is 0. The number of methoxy groups -OCH3 is 2. The van der Waals surface area contributed by atoms with Crippen molar-refractivity contribution in [1.82, 2.24) is 10.3 Å². The molecular weight excluding hydrogens is 328 g/mol. The Kier molecular flexibility index (Phi) is 5.07. The first-order chi connectivity index (χ1) is 12.5. The van der Waals surface area contributed by atoms with Gasteiger partial charge in [0.1, 0.15) is 11.5 Å². The van der Waals surface area contributed by atoms with E-state index in [1.807, 2.05) is 62.4 Å². The third-order valence-corrected chi connectivity index (χ3v) is 4.42. The summed E-state index contributed by atoms with van der Waals surface area (Å²) in [6.07, 6.45) is 0. The fraction of sp³-hybridized carbons (Fsp3) is 0.238. The van der Waals surface area contributed by atoms with E-state index in [-0.39, 0.29) is 11.9 Å². The van der Waals surface area contributed by atoms with Gasteiger partial charge >= 0.3 is 0 Å². The van der Waals surface area contributed by atoms with Gasteiger partial charge in [0.25, 0.3) is 5.91 Å². The van der Waals surface area contributed by atoms with Gasteiger partial charge in [0.05, 0.1) is 37.0 Å². The molecule has 1 amide bonds. The van der Waals surface area contributed by atoms with E-state index in [0.717, 1.165) is 28.0 Å². The number of aryl methyl sites for hydroxylation is 1. The highest BCUT2D eigenvalue weighted by molar-refractivity contribution is 5.99. The van der Waals surface area contributed by atoms with Crippen LogP contribution in [0.3, 0.4) is 0 Å². The molecule has 1 N–H and O–H groups in total. The first-order valence-corrected chi connectivity index (χ1v) is 8.42. The lowest BCUT2D eigenvalue weighted by Gasteiger charge is -2.16. The average Bonchev–Trinajstić information content (AvgIpc) is 2.67. The Hall–Kier alpha value is -3.08. The lowest BCUT2D eigenvalue weighted by atomic mass is 10.1.